The number of methoxy groups -OCH3 is 1. The second-order valence-electron chi connectivity index (χ2n) is 3.42. The second kappa shape index (κ2) is 4.93. The van der Waals surface area contributed by atoms with E-state index in [0.717, 1.165) is 13.0 Å². The summed E-state index contributed by atoms with van der Waals surface area (Å²) in [5, 5.41) is 6.04. The molecule has 0 bridgehead atoms. The van der Waals surface area contributed by atoms with Crippen molar-refractivity contribution in [2.45, 2.75) is 12.5 Å². The Bertz CT molecular complexity index is 332. The quantitative estimate of drug-likeness (QED) is 0.753. The summed E-state index contributed by atoms with van der Waals surface area (Å²) in [7, 11) is 3.27. The molecule has 1 saturated heterocycles. The first-order valence-electron chi connectivity index (χ1n) is 5.14. The van der Waals surface area contributed by atoms with Gasteiger partial charge in [-0.2, -0.15) is 15.0 Å². The molecule has 0 radical (unpaired) electrons. The van der Waals surface area contributed by atoms with Gasteiger partial charge in [0.25, 0.3) is 0 Å². The summed E-state index contributed by atoms with van der Waals surface area (Å²) in [6.07, 6.45) is 0.961. The SMILES string of the molecule is CNc1nc(NC2CCOC2)nc(OC)n1. The standard InChI is InChI=1S/C9H15N5O2/c1-10-7-12-8(14-9(13-7)15-2)11-6-3-4-16-5-6/h6H,3-5H2,1-2H3,(H2,10,11,12,13,14). The van der Waals surface area contributed by atoms with E-state index in [2.05, 4.69) is 25.6 Å². The van der Waals surface area contributed by atoms with E-state index in [1.807, 2.05) is 0 Å². The highest BCUT2D eigenvalue weighted by atomic mass is 16.5. The Labute approximate surface area is 93.6 Å². The molecule has 0 saturated carbocycles. The van der Waals surface area contributed by atoms with Crippen LogP contribution in [0.1, 0.15) is 6.42 Å². The fourth-order valence-electron chi connectivity index (χ4n) is 1.46. The fourth-order valence-corrected chi connectivity index (χ4v) is 1.46. The van der Waals surface area contributed by atoms with Gasteiger partial charge in [-0.3, -0.25) is 0 Å². The van der Waals surface area contributed by atoms with Gasteiger partial charge in [0.1, 0.15) is 0 Å². The van der Waals surface area contributed by atoms with Crippen LogP contribution in [-0.4, -0.2) is 48.4 Å². The maximum absolute atomic E-state index is 5.26. The molecule has 7 heteroatoms. The van der Waals surface area contributed by atoms with E-state index >= 15 is 0 Å². The average Bonchev–Trinajstić information content (AvgIpc) is 2.81. The van der Waals surface area contributed by atoms with E-state index in [-0.39, 0.29) is 6.04 Å². The van der Waals surface area contributed by atoms with Crippen molar-refractivity contribution in [3.8, 4) is 6.01 Å². The minimum Gasteiger partial charge on any atom is -0.467 e. The lowest BCUT2D eigenvalue weighted by atomic mass is 10.3. The molecule has 0 spiro atoms. The van der Waals surface area contributed by atoms with Crippen LogP contribution in [0.25, 0.3) is 0 Å². The zero-order chi connectivity index (χ0) is 11.4. The van der Waals surface area contributed by atoms with E-state index in [0.29, 0.717) is 24.5 Å². The molecule has 1 fully saturated rings. The van der Waals surface area contributed by atoms with Gasteiger partial charge in [0.15, 0.2) is 0 Å². The Balaban J connectivity index is 2.12. The Morgan fingerprint density at radius 2 is 2.12 bits per heavy atom. The summed E-state index contributed by atoms with van der Waals surface area (Å²) in [6.45, 7) is 1.46. The summed E-state index contributed by atoms with van der Waals surface area (Å²) in [5.74, 6) is 0.986. The van der Waals surface area contributed by atoms with Gasteiger partial charge < -0.3 is 20.1 Å². The van der Waals surface area contributed by atoms with E-state index in [4.69, 9.17) is 9.47 Å². The highest BCUT2D eigenvalue weighted by Gasteiger charge is 2.17. The minimum atomic E-state index is 0.261. The molecule has 2 heterocycles. The Kier molecular flexibility index (Phi) is 3.35. The lowest BCUT2D eigenvalue weighted by molar-refractivity contribution is 0.195. The molecule has 0 aromatic carbocycles. The number of nitrogens with one attached hydrogen (secondary N) is 2. The van der Waals surface area contributed by atoms with Crippen molar-refractivity contribution >= 4 is 11.9 Å². The van der Waals surface area contributed by atoms with Crippen LogP contribution < -0.4 is 15.4 Å². The van der Waals surface area contributed by atoms with Gasteiger partial charge in [0.2, 0.25) is 11.9 Å². The van der Waals surface area contributed by atoms with Crippen LogP contribution >= 0.6 is 0 Å². The zero-order valence-corrected chi connectivity index (χ0v) is 9.36. The molecule has 0 aliphatic carbocycles. The van der Waals surface area contributed by atoms with Gasteiger partial charge >= 0.3 is 6.01 Å². The van der Waals surface area contributed by atoms with Crippen LogP contribution in [0.2, 0.25) is 0 Å². The molecule has 2 N–H and O–H groups in total. The number of nitrogens with zero attached hydrogens (tertiary/aromatic N) is 3. The van der Waals surface area contributed by atoms with Crippen LogP contribution in [0.5, 0.6) is 6.01 Å². The number of hydrogen-bond donors (Lipinski definition) is 2. The van der Waals surface area contributed by atoms with Crippen molar-refractivity contribution in [1.29, 1.82) is 0 Å². The normalized spacial score (nSPS) is 19.5. The van der Waals surface area contributed by atoms with Crippen molar-refractivity contribution in [2.75, 3.05) is 38.0 Å². The van der Waals surface area contributed by atoms with Crippen LogP contribution in [-0.2, 0) is 4.74 Å². The van der Waals surface area contributed by atoms with Crippen LogP contribution in [0.3, 0.4) is 0 Å². The number of hydrogen-bond acceptors (Lipinski definition) is 7. The maximum Gasteiger partial charge on any atom is 0.322 e. The first-order valence-corrected chi connectivity index (χ1v) is 5.14. The molecule has 2 rings (SSSR count). The molecular formula is C9H15N5O2. The van der Waals surface area contributed by atoms with Crippen LogP contribution in [0.15, 0.2) is 0 Å². The first kappa shape index (κ1) is 10.9. The third-order valence-corrected chi connectivity index (χ3v) is 2.28. The summed E-state index contributed by atoms with van der Waals surface area (Å²) in [4.78, 5) is 12.3. The van der Waals surface area contributed by atoms with Gasteiger partial charge in [-0.1, -0.05) is 0 Å². The van der Waals surface area contributed by atoms with Gasteiger partial charge in [0.05, 0.1) is 19.8 Å². The number of aromatic nitrogens is 3. The largest absolute Gasteiger partial charge is 0.467 e. The molecule has 1 atom stereocenters. The Morgan fingerprint density at radius 3 is 2.75 bits per heavy atom. The van der Waals surface area contributed by atoms with Crippen LogP contribution in [0, 0.1) is 0 Å². The van der Waals surface area contributed by atoms with Crippen molar-refractivity contribution in [2.24, 2.45) is 0 Å². The topological polar surface area (TPSA) is 81.2 Å². The van der Waals surface area contributed by atoms with Gasteiger partial charge in [-0.05, 0) is 6.42 Å². The summed E-state index contributed by atoms with van der Waals surface area (Å²) in [5.41, 5.74) is 0. The highest BCUT2D eigenvalue weighted by Crippen LogP contribution is 2.14. The number of ether oxygens (including phenoxy) is 2. The molecular weight excluding hydrogens is 210 g/mol. The monoisotopic (exact) mass is 225 g/mol. The van der Waals surface area contributed by atoms with E-state index in [1.54, 1.807) is 7.05 Å². The molecule has 16 heavy (non-hydrogen) atoms. The molecule has 1 aliphatic heterocycles. The third-order valence-electron chi connectivity index (χ3n) is 2.28. The number of anilines is 2. The minimum absolute atomic E-state index is 0.261. The molecule has 7 nitrogen and oxygen atoms in total. The van der Waals surface area contributed by atoms with E-state index in [1.165, 1.54) is 7.11 Å². The summed E-state index contributed by atoms with van der Waals surface area (Å²) in [6, 6.07) is 0.553. The summed E-state index contributed by atoms with van der Waals surface area (Å²) >= 11 is 0. The highest BCUT2D eigenvalue weighted by molar-refractivity contribution is 5.36. The molecule has 1 aliphatic rings. The van der Waals surface area contributed by atoms with Crippen molar-refractivity contribution in [3.63, 3.8) is 0 Å². The molecule has 88 valence electrons. The van der Waals surface area contributed by atoms with Crippen LogP contribution in [0.4, 0.5) is 11.9 Å². The first-order chi connectivity index (χ1) is 7.81. The zero-order valence-electron chi connectivity index (χ0n) is 9.36. The lowest BCUT2D eigenvalue weighted by Gasteiger charge is -2.11. The van der Waals surface area contributed by atoms with Crippen molar-refractivity contribution < 1.29 is 9.47 Å². The van der Waals surface area contributed by atoms with Crippen molar-refractivity contribution in [1.82, 2.24) is 15.0 Å². The Hall–Kier alpha value is -1.63. The smallest absolute Gasteiger partial charge is 0.322 e. The van der Waals surface area contributed by atoms with E-state index < -0.39 is 0 Å². The predicted octanol–water partition coefficient (Wildman–Crippen LogP) is 0.123. The Morgan fingerprint density at radius 1 is 1.31 bits per heavy atom. The maximum atomic E-state index is 5.26. The molecule has 0 amide bonds. The second-order valence-corrected chi connectivity index (χ2v) is 3.42. The third kappa shape index (κ3) is 2.48. The van der Waals surface area contributed by atoms with Gasteiger partial charge in [-0.15, -0.1) is 0 Å². The molecule has 1 aromatic rings. The predicted molar refractivity (Wildman–Crippen MR) is 58.8 cm³/mol. The number of rotatable bonds is 4. The molecule has 1 aromatic heterocycles. The lowest BCUT2D eigenvalue weighted by Crippen LogP contribution is -2.21. The molecule has 1 unspecified atom stereocenters. The van der Waals surface area contributed by atoms with Gasteiger partial charge in [-0.25, -0.2) is 0 Å². The van der Waals surface area contributed by atoms with Gasteiger partial charge in [0, 0.05) is 13.7 Å². The summed E-state index contributed by atoms with van der Waals surface area (Å²) < 4.78 is 10.3. The fraction of sp³-hybridized carbons (Fsp3) is 0.667. The van der Waals surface area contributed by atoms with Crippen molar-refractivity contribution in [3.05, 3.63) is 0 Å². The average molecular weight is 225 g/mol. The van der Waals surface area contributed by atoms with E-state index in [9.17, 15) is 0 Å².